The van der Waals surface area contributed by atoms with Crippen molar-refractivity contribution in [2.45, 2.75) is 242 Å². The molecule has 0 aromatic heterocycles. The zero-order chi connectivity index (χ0) is 59.6. The lowest BCUT2D eigenvalue weighted by Gasteiger charge is -2.71. The van der Waals surface area contributed by atoms with Crippen LogP contribution in [0.1, 0.15) is 107 Å². The lowest BCUT2D eigenvalue weighted by atomic mass is 9.33. The van der Waals surface area contributed by atoms with E-state index in [2.05, 4.69) is 33.8 Å². The summed E-state index contributed by atoms with van der Waals surface area (Å²) in [5.41, 5.74) is -5.42. The van der Waals surface area contributed by atoms with Crippen molar-refractivity contribution in [3.8, 4) is 0 Å². The molecular formula is C55H86O26. The van der Waals surface area contributed by atoms with Gasteiger partial charge in [-0.25, -0.2) is 0 Å². The number of fused-ring (bicyclic) bond motifs is 7. The summed E-state index contributed by atoms with van der Waals surface area (Å²) in [6.45, 7) is 12.2. The zero-order valence-electron chi connectivity index (χ0n) is 46.9. The molecule has 14 N–H and O–H groups in total. The number of carbonyl (C=O) groups excluding carboxylic acids is 2. The molecule has 30 atom stereocenters. The Hall–Kier alpha value is -2.65. The molecule has 4 aliphatic heterocycles. The average molecular weight is 1160 g/mol. The van der Waals surface area contributed by atoms with Gasteiger partial charge in [0.05, 0.1) is 43.5 Å². The van der Waals surface area contributed by atoms with Gasteiger partial charge < -0.3 is 114 Å². The van der Waals surface area contributed by atoms with Crippen LogP contribution in [0, 0.1) is 50.2 Å². The van der Waals surface area contributed by atoms with Crippen LogP contribution in [0.15, 0.2) is 11.6 Å². The first kappa shape index (κ1) is 62.9. The van der Waals surface area contributed by atoms with E-state index in [0.29, 0.717) is 25.7 Å². The van der Waals surface area contributed by atoms with Crippen LogP contribution in [0.5, 0.6) is 0 Å². The van der Waals surface area contributed by atoms with Crippen molar-refractivity contribution in [1.82, 2.24) is 0 Å². The number of rotatable bonds is 12. The fourth-order valence-corrected chi connectivity index (χ4v) is 16.7. The molecule has 9 aliphatic rings. The fourth-order valence-electron chi connectivity index (χ4n) is 16.7. The van der Waals surface area contributed by atoms with Gasteiger partial charge >= 0.3 is 17.9 Å². The number of allylic oxidation sites excluding steroid dienone is 2. The van der Waals surface area contributed by atoms with Crippen molar-refractivity contribution in [1.29, 1.82) is 0 Å². The van der Waals surface area contributed by atoms with Crippen molar-refractivity contribution in [3.05, 3.63) is 11.6 Å². The second-order valence-electron chi connectivity index (χ2n) is 26.4. The molecule has 4 heterocycles. The number of carboxylic acid groups (broad SMARTS) is 1. The third-order valence-corrected chi connectivity index (χ3v) is 21.4. The normalized spacial score (nSPS) is 53.3. The van der Waals surface area contributed by atoms with Gasteiger partial charge in [0.25, 0.3) is 0 Å². The molecule has 0 bridgehead atoms. The van der Waals surface area contributed by atoms with Crippen LogP contribution in [-0.4, -0.2) is 244 Å². The number of ether oxygens (including phenoxy) is 9. The van der Waals surface area contributed by atoms with Gasteiger partial charge in [0.1, 0.15) is 84.8 Å². The van der Waals surface area contributed by atoms with E-state index in [1.54, 1.807) is 0 Å². The fraction of sp³-hybridized carbons (Fsp3) is 0.909. The molecular weight excluding hydrogens is 1080 g/mol. The number of aliphatic hydroxyl groups is 13. The van der Waals surface area contributed by atoms with E-state index in [1.807, 2.05) is 6.92 Å². The molecule has 8 fully saturated rings. The van der Waals surface area contributed by atoms with Gasteiger partial charge in [0.2, 0.25) is 6.29 Å². The van der Waals surface area contributed by atoms with Crippen molar-refractivity contribution < 1.29 is 129 Å². The van der Waals surface area contributed by atoms with Crippen molar-refractivity contribution >= 4 is 17.9 Å². The first-order valence-electron chi connectivity index (χ1n) is 28.3. The summed E-state index contributed by atoms with van der Waals surface area (Å²) in [4.78, 5) is 41.0. The van der Waals surface area contributed by atoms with Crippen LogP contribution in [0.4, 0.5) is 0 Å². The lowest BCUT2D eigenvalue weighted by Crippen LogP contribution is -2.71. The maximum Gasteiger partial charge on any atom is 0.317 e. The first-order valence-corrected chi connectivity index (χ1v) is 28.3. The number of aliphatic carboxylic acids is 1. The van der Waals surface area contributed by atoms with Crippen molar-refractivity contribution in [2.24, 2.45) is 50.2 Å². The highest BCUT2D eigenvalue weighted by Gasteiger charge is 2.74. The van der Waals surface area contributed by atoms with Crippen LogP contribution in [-0.2, 0) is 57.0 Å². The molecule has 5 aliphatic carbocycles. The van der Waals surface area contributed by atoms with Gasteiger partial charge in [-0.15, -0.1) is 0 Å². The summed E-state index contributed by atoms with van der Waals surface area (Å²) >= 11 is 0. The molecule has 9 rings (SSSR count). The molecule has 81 heavy (non-hydrogen) atoms. The third kappa shape index (κ3) is 10.1. The smallest absolute Gasteiger partial charge is 0.317 e. The Kier molecular flexibility index (Phi) is 17.5. The highest BCUT2D eigenvalue weighted by atomic mass is 16.8. The predicted octanol–water partition coefficient (Wildman–Crippen LogP) is -2.79. The van der Waals surface area contributed by atoms with Crippen LogP contribution in [0.3, 0.4) is 0 Å². The van der Waals surface area contributed by atoms with Crippen molar-refractivity contribution in [2.75, 3.05) is 19.8 Å². The largest absolute Gasteiger partial charge is 0.481 e. The lowest BCUT2D eigenvalue weighted by molar-refractivity contribution is -0.373. The van der Waals surface area contributed by atoms with Gasteiger partial charge in [-0.3, -0.25) is 14.4 Å². The molecule has 0 aromatic rings. The van der Waals surface area contributed by atoms with E-state index in [1.165, 1.54) is 13.8 Å². The van der Waals surface area contributed by atoms with Crippen LogP contribution < -0.4 is 0 Å². The van der Waals surface area contributed by atoms with E-state index >= 15 is 4.79 Å². The minimum absolute atomic E-state index is 0.0155. The van der Waals surface area contributed by atoms with E-state index in [-0.39, 0.29) is 37.0 Å². The maximum atomic E-state index is 15.3. The molecule has 0 amide bonds. The van der Waals surface area contributed by atoms with Gasteiger partial charge in [0.15, 0.2) is 31.1 Å². The second kappa shape index (κ2) is 22.6. The SMILES string of the molecule is CC(=O)O[C@@H]1[C@@H](O)[C@@H](O)[C@H](O[C@H]2[C@H](OC(=O)[C@]34CCC(C)(C)C[C@H]3C3=CCC5[C@@]6(C)C[C@H](O)[C@H](O[C@@H]7O[C@H](CO)[C@@H](O)[C@H](O[C@@H]8O[C@H](CO)[C@@H](O)[C@H](O)[C@H]8O)[C@H]7O)[C@@](C)(C(=O)O)C6CC[C@@]5(C)[C@]3(C)C[C@H]4O)OC[C@H](O)[C@@H]2O)O[C@H]1C. The predicted molar refractivity (Wildman–Crippen MR) is 270 cm³/mol. The Morgan fingerprint density at radius 1 is 0.617 bits per heavy atom. The molecule has 4 saturated carbocycles. The molecule has 0 aromatic carbocycles. The average Bonchev–Trinajstić information content (AvgIpc) is 1.25. The van der Waals surface area contributed by atoms with E-state index in [4.69, 9.17) is 42.6 Å². The summed E-state index contributed by atoms with van der Waals surface area (Å²) in [6.07, 6.45) is -32.3. The molecule has 4 saturated heterocycles. The van der Waals surface area contributed by atoms with E-state index in [0.717, 1.165) is 12.5 Å². The monoisotopic (exact) mass is 1160 g/mol. The molecule has 0 spiro atoms. The number of esters is 2. The highest BCUT2D eigenvalue weighted by molar-refractivity contribution is 5.80. The van der Waals surface area contributed by atoms with Crippen molar-refractivity contribution in [3.63, 3.8) is 0 Å². The van der Waals surface area contributed by atoms with Crippen LogP contribution in [0.25, 0.3) is 0 Å². The summed E-state index contributed by atoms with van der Waals surface area (Å²) in [6, 6.07) is 0. The Labute approximate surface area is 468 Å². The standard InChI is InChI=1S/C55H86O26/c1-21-40(75-22(2)58)36(66)38(68)44(74-21)79-42-32(62)26(60)20-73-47(42)81-49(72)55-14-13-50(3,4)15-24(55)23-9-10-29-51(5)16-25(59)43(54(8,48(70)71)30(51)11-12-52(29,6)53(23,7)17-31(55)61)80-46-39(69)41(34(64)28(19-57)77-46)78-45-37(67)35(65)33(63)27(18-56)76-45/h9,21,24-47,56-57,59-69H,10-20H2,1-8H3,(H,70,71)/t21-,24-,25-,26-,27+,28+,29?,30?,31+,32-,33+,34+,35-,36-,37+,38+,39+,40-,41-,42+,43-,44-,45-,46-,47-,51+,52+,53+,54-,55+/m0/s1. The van der Waals surface area contributed by atoms with Crippen LogP contribution >= 0.6 is 0 Å². The number of hydrogen-bond donors (Lipinski definition) is 14. The number of aliphatic hydroxyl groups excluding tert-OH is 13. The van der Waals surface area contributed by atoms with Gasteiger partial charge in [-0.05, 0) is 105 Å². The van der Waals surface area contributed by atoms with Gasteiger partial charge in [0, 0.05) is 6.92 Å². The Bertz CT molecular complexity index is 2340. The van der Waals surface area contributed by atoms with Gasteiger partial charge in [-0.2, -0.15) is 0 Å². The molecule has 26 heteroatoms. The molecule has 462 valence electrons. The quantitative estimate of drug-likeness (QED) is 0.0533. The first-order chi connectivity index (χ1) is 37.8. The molecule has 2 unspecified atom stereocenters. The number of hydrogen-bond acceptors (Lipinski definition) is 25. The highest BCUT2D eigenvalue weighted by Crippen LogP contribution is 2.76. The van der Waals surface area contributed by atoms with E-state index in [9.17, 15) is 81.1 Å². The van der Waals surface area contributed by atoms with Gasteiger partial charge in [-0.1, -0.05) is 46.3 Å². The maximum absolute atomic E-state index is 15.3. The Morgan fingerprint density at radius 3 is 1.85 bits per heavy atom. The minimum atomic E-state index is -2.00. The van der Waals surface area contributed by atoms with E-state index < -0.39 is 212 Å². The third-order valence-electron chi connectivity index (χ3n) is 21.4. The summed E-state index contributed by atoms with van der Waals surface area (Å²) in [7, 11) is 0. The summed E-state index contributed by atoms with van der Waals surface area (Å²) in [5.74, 6) is -4.61. The topological polar surface area (TPSA) is 418 Å². The summed E-state index contributed by atoms with van der Waals surface area (Å²) < 4.78 is 52.4. The molecule has 0 radical (unpaired) electrons. The Balaban J connectivity index is 0.982. The second-order valence-corrected chi connectivity index (χ2v) is 26.4. The summed E-state index contributed by atoms with van der Waals surface area (Å²) in [5, 5.41) is 155. The number of carbonyl (C=O) groups is 3. The Morgan fingerprint density at radius 2 is 1.22 bits per heavy atom. The number of carboxylic acids is 1. The molecule has 26 nitrogen and oxygen atoms in total. The van der Waals surface area contributed by atoms with Crippen LogP contribution in [0.2, 0.25) is 0 Å². The zero-order valence-corrected chi connectivity index (χ0v) is 46.9. The minimum Gasteiger partial charge on any atom is -0.481 e.